The molecule has 1 aromatic carbocycles. The van der Waals surface area contributed by atoms with Crippen LogP contribution in [-0.2, 0) is 11.3 Å². The number of nitrogens with one attached hydrogen (secondary N) is 2. The number of halogens is 2. The van der Waals surface area contributed by atoms with Gasteiger partial charge in [-0.2, -0.15) is 4.98 Å². The first kappa shape index (κ1) is 20.2. The van der Waals surface area contributed by atoms with E-state index in [1.54, 1.807) is 29.1 Å². The van der Waals surface area contributed by atoms with E-state index in [4.69, 9.17) is 16.3 Å². The Hall–Kier alpha value is -3.04. The van der Waals surface area contributed by atoms with Crippen LogP contribution in [0, 0.1) is 12.7 Å². The predicted molar refractivity (Wildman–Crippen MR) is 109 cm³/mol. The molecule has 10 heteroatoms. The van der Waals surface area contributed by atoms with Crippen molar-refractivity contribution < 1.29 is 13.9 Å². The molecule has 0 radical (unpaired) electrons. The zero-order chi connectivity index (χ0) is 21.1. The Morgan fingerprint density at radius 3 is 3.07 bits per heavy atom. The van der Waals surface area contributed by atoms with E-state index in [-0.39, 0.29) is 23.3 Å². The number of anilines is 1. The molecule has 0 saturated carbocycles. The van der Waals surface area contributed by atoms with Gasteiger partial charge < -0.3 is 15.4 Å². The van der Waals surface area contributed by atoms with Gasteiger partial charge in [-0.1, -0.05) is 23.7 Å². The van der Waals surface area contributed by atoms with Crippen LogP contribution in [0.3, 0.4) is 0 Å². The van der Waals surface area contributed by atoms with Crippen molar-refractivity contribution in [2.45, 2.75) is 25.9 Å². The van der Waals surface area contributed by atoms with Gasteiger partial charge in [0.1, 0.15) is 23.7 Å². The molecule has 2 aromatic heterocycles. The Morgan fingerprint density at radius 1 is 1.40 bits per heavy atom. The highest BCUT2D eigenvalue weighted by Crippen LogP contribution is 2.18. The van der Waals surface area contributed by atoms with Crippen LogP contribution >= 0.6 is 11.6 Å². The number of imidazole rings is 1. The summed E-state index contributed by atoms with van der Waals surface area (Å²) < 4.78 is 21.0. The number of ether oxygens (including phenoxy) is 1. The second-order valence-corrected chi connectivity index (χ2v) is 7.37. The first-order chi connectivity index (χ1) is 14.5. The number of carbonyl (C=O) groups excluding carboxylic acids is 1. The molecule has 1 atom stereocenters. The Morgan fingerprint density at radius 2 is 2.27 bits per heavy atom. The molecule has 0 bridgehead atoms. The summed E-state index contributed by atoms with van der Waals surface area (Å²) in [6, 6.07) is 4.82. The molecule has 1 aliphatic heterocycles. The van der Waals surface area contributed by atoms with Crippen LogP contribution in [0.5, 0.6) is 0 Å². The third-order valence-electron chi connectivity index (χ3n) is 4.74. The molecule has 1 amide bonds. The average molecular weight is 431 g/mol. The summed E-state index contributed by atoms with van der Waals surface area (Å²) in [4.78, 5) is 25.4. The standard InChI is InChI=1S/C20H20ClFN6O2/c1-12-7-24-20(26-14-5-6-30-10-14)27-18(12)28-9-16(25-11-28)19(29)23-8-13-3-2-4-15(21)17(13)22/h2-4,7,9,11,14H,5-6,8,10H2,1H3,(H,23,29)(H,24,26,27). The summed E-state index contributed by atoms with van der Waals surface area (Å²) in [6.07, 6.45) is 5.69. The largest absolute Gasteiger partial charge is 0.379 e. The van der Waals surface area contributed by atoms with Crippen molar-refractivity contribution in [2.75, 3.05) is 18.5 Å². The third kappa shape index (κ3) is 4.42. The second-order valence-electron chi connectivity index (χ2n) is 6.97. The molecular formula is C20H20ClFN6O2. The topological polar surface area (TPSA) is 94.0 Å². The SMILES string of the molecule is Cc1cnc(NC2CCOC2)nc1-n1cnc(C(=O)NCc2cccc(Cl)c2F)c1. The highest BCUT2D eigenvalue weighted by atomic mass is 35.5. The molecule has 2 N–H and O–H groups in total. The van der Waals surface area contributed by atoms with Gasteiger partial charge in [-0.3, -0.25) is 9.36 Å². The highest BCUT2D eigenvalue weighted by molar-refractivity contribution is 6.30. The highest BCUT2D eigenvalue weighted by Gasteiger charge is 2.18. The molecule has 0 spiro atoms. The van der Waals surface area contributed by atoms with Crippen LogP contribution in [0.4, 0.5) is 10.3 Å². The molecule has 3 heterocycles. The number of amides is 1. The number of benzene rings is 1. The maximum atomic E-state index is 14.0. The molecule has 1 unspecified atom stereocenters. The lowest BCUT2D eigenvalue weighted by Gasteiger charge is -2.12. The molecule has 1 saturated heterocycles. The number of nitrogens with zero attached hydrogens (tertiary/aromatic N) is 4. The smallest absolute Gasteiger partial charge is 0.271 e. The van der Waals surface area contributed by atoms with Crippen LogP contribution in [0.25, 0.3) is 5.82 Å². The summed E-state index contributed by atoms with van der Waals surface area (Å²) >= 11 is 5.77. The van der Waals surface area contributed by atoms with Crippen LogP contribution in [0.2, 0.25) is 5.02 Å². The van der Waals surface area contributed by atoms with Crippen molar-refractivity contribution in [1.29, 1.82) is 0 Å². The maximum absolute atomic E-state index is 14.0. The fourth-order valence-electron chi connectivity index (χ4n) is 3.10. The Labute approximate surface area is 177 Å². The van der Waals surface area contributed by atoms with Crippen LogP contribution in [-0.4, -0.2) is 44.7 Å². The zero-order valence-corrected chi connectivity index (χ0v) is 17.0. The van der Waals surface area contributed by atoms with E-state index >= 15 is 0 Å². The predicted octanol–water partition coefficient (Wildman–Crippen LogP) is 2.89. The van der Waals surface area contributed by atoms with E-state index in [0.717, 1.165) is 18.6 Å². The average Bonchev–Trinajstić information content (AvgIpc) is 3.42. The fraction of sp³-hybridized carbons (Fsp3) is 0.300. The van der Waals surface area contributed by atoms with Crippen LogP contribution < -0.4 is 10.6 Å². The van der Waals surface area contributed by atoms with E-state index < -0.39 is 11.7 Å². The molecular weight excluding hydrogens is 411 g/mol. The minimum atomic E-state index is -0.547. The van der Waals surface area contributed by atoms with Crippen LogP contribution in [0.1, 0.15) is 28.0 Å². The van der Waals surface area contributed by atoms with Crippen molar-refractivity contribution in [1.82, 2.24) is 24.8 Å². The first-order valence-corrected chi connectivity index (χ1v) is 9.82. The Kier molecular flexibility index (Phi) is 5.91. The maximum Gasteiger partial charge on any atom is 0.271 e. The Balaban J connectivity index is 1.46. The van der Waals surface area contributed by atoms with Crippen molar-refractivity contribution in [3.05, 3.63) is 64.6 Å². The van der Waals surface area contributed by atoms with Gasteiger partial charge in [-0.05, 0) is 19.4 Å². The number of rotatable bonds is 6. The van der Waals surface area contributed by atoms with E-state index in [0.29, 0.717) is 23.9 Å². The summed E-state index contributed by atoms with van der Waals surface area (Å²) in [5, 5.41) is 5.91. The van der Waals surface area contributed by atoms with Gasteiger partial charge in [-0.25, -0.2) is 14.4 Å². The monoisotopic (exact) mass is 430 g/mol. The molecule has 8 nitrogen and oxygen atoms in total. The lowest BCUT2D eigenvalue weighted by atomic mass is 10.2. The zero-order valence-electron chi connectivity index (χ0n) is 16.2. The lowest BCUT2D eigenvalue weighted by Crippen LogP contribution is -2.23. The van der Waals surface area contributed by atoms with Gasteiger partial charge in [0.25, 0.3) is 5.91 Å². The van der Waals surface area contributed by atoms with Gasteiger partial charge in [0.05, 0.1) is 17.7 Å². The molecule has 1 fully saturated rings. The van der Waals surface area contributed by atoms with E-state index in [1.807, 2.05) is 6.92 Å². The van der Waals surface area contributed by atoms with Crippen molar-refractivity contribution in [3.63, 3.8) is 0 Å². The van der Waals surface area contributed by atoms with Gasteiger partial charge in [-0.15, -0.1) is 0 Å². The van der Waals surface area contributed by atoms with Gasteiger partial charge in [0.2, 0.25) is 5.95 Å². The second kappa shape index (κ2) is 8.76. The molecule has 4 rings (SSSR count). The molecule has 156 valence electrons. The number of aryl methyl sites for hydroxylation is 1. The summed E-state index contributed by atoms with van der Waals surface area (Å²) in [5.41, 5.74) is 1.32. The summed E-state index contributed by atoms with van der Waals surface area (Å²) in [6.45, 7) is 3.21. The number of hydrogen-bond donors (Lipinski definition) is 2. The van der Waals surface area contributed by atoms with Crippen LogP contribution in [0.15, 0.2) is 36.9 Å². The fourth-order valence-corrected chi connectivity index (χ4v) is 3.30. The summed E-state index contributed by atoms with van der Waals surface area (Å²) in [7, 11) is 0. The van der Waals surface area contributed by atoms with Crippen molar-refractivity contribution in [3.8, 4) is 5.82 Å². The minimum absolute atomic E-state index is 0.00213. The van der Waals surface area contributed by atoms with Crippen molar-refractivity contribution >= 4 is 23.5 Å². The molecule has 30 heavy (non-hydrogen) atoms. The number of carbonyl (C=O) groups is 1. The molecule has 1 aliphatic rings. The normalized spacial score (nSPS) is 15.9. The third-order valence-corrected chi connectivity index (χ3v) is 5.03. The van der Waals surface area contributed by atoms with Gasteiger partial charge >= 0.3 is 0 Å². The minimum Gasteiger partial charge on any atom is -0.379 e. The van der Waals surface area contributed by atoms with E-state index in [1.165, 1.54) is 12.4 Å². The molecule has 0 aliphatic carbocycles. The van der Waals surface area contributed by atoms with Gasteiger partial charge in [0.15, 0.2) is 0 Å². The Bertz CT molecular complexity index is 1070. The number of hydrogen-bond acceptors (Lipinski definition) is 6. The first-order valence-electron chi connectivity index (χ1n) is 9.44. The lowest BCUT2D eigenvalue weighted by molar-refractivity contribution is 0.0946. The molecule has 3 aromatic rings. The number of aromatic nitrogens is 4. The quantitative estimate of drug-likeness (QED) is 0.624. The van der Waals surface area contributed by atoms with E-state index in [2.05, 4.69) is 25.6 Å². The van der Waals surface area contributed by atoms with Gasteiger partial charge in [0, 0.05) is 36.7 Å². The van der Waals surface area contributed by atoms with E-state index in [9.17, 15) is 9.18 Å². The summed E-state index contributed by atoms with van der Waals surface area (Å²) in [5.74, 6) is 0.122. The van der Waals surface area contributed by atoms with Crippen molar-refractivity contribution in [2.24, 2.45) is 0 Å².